The van der Waals surface area contributed by atoms with Crippen molar-refractivity contribution in [2.75, 3.05) is 13.7 Å². The van der Waals surface area contributed by atoms with Crippen molar-refractivity contribution in [2.45, 2.75) is 0 Å². The van der Waals surface area contributed by atoms with Gasteiger partial charge in [0.25, 0.3) is 11.6 Å². The molecule has 0 aliphatic heterocycles. The molecule has 1 aromatic rings. The SMILES string of the molecule is C=CCNC(=O)c1ccc([N+](=O)[O-])cc1OC. The standard InChI is InChI=1S/C11H12N2O4/c1-3-6-12-11(14)9-5-4-8(13(15)16)7-10(9)17-2/h3-5,7H,1,6H2,2H3,(H,12,14). The van der Waals surface area contributed by atoms with Crippen LogP contribution in [0.2, 0.25) is 0 Å². The molecule has 0 aromatic heterocycles. The zero-order valence-corrected chi connectivity index (χ0v) is 9.30. The number of methoxy groups -OCH3 is 1. The van der Waals surface area contributed by atoms with Crippen LogP contribution in [0.25, 0.3) is 0 Å². The van der Waals surface area contributed by atoms with Crippen molar-refractivity contribution in [3.8, 4) is 5.75 Å². The van der Waals surface area contributed by atoms with Gasteiger partial charge in [-0.15, -0.1) is 6.58 Å². The molecule has 0 spiro atoms. The number of nitrogens with one attached hydrogen (secondary N) is 1. The number of amides is 1. The van der Waals surface area contributed by atoms with Gasteiger partial charge in [0.05, 0.1) is 23.7 Å². The Morgan fingerprint density at radius 1 is 1.65 bits per heavy atom. The zero-order chi connectivity index (χ0) is 12.8. The van der Waals surface area contributed by atoms with Crippen LogP contribution < -0.4 is 10.1 Å². The maximum atomic E-state index is 11.7. The number of rotatable bonds is 5. The number of hydrogen-bond acceptors (Lipinski definition) is 4. The first-order valence-corrected chi connectivity index (χ1v) is 4.81. The maximum absolute atomic E-state index is 11.7. The highest BCUT2D eigenvalue weighted by molar-refractivity contribution is 5.97. The van der Waals surface area contributed by atoms with Gasteiger partial charge in [-0.2, -0.15) is 0 Å². The van der Waals surface area contributed by atoms with Crippen molar-refractivity contribution in [2.24, 2.45) is 0 Å². The highest BCUT2D eigenvalue weighted by Crippen LogP contribution is 2.24. The fourth-order valence-electron chi connectivity index (χ4n) is 1.24. The summed E-state index contributed by atoms with van der Waals surface area (Å²) in [6.07, 6.45) is 1.54. The fraction of sp³-hybridized carbons (Fsp3) is 0.182. The molecule has 0 bridgehead atoms. The minimum atomic E-state index is -0.548. The molecule has 6 heteroatoms. The van der Waals surface area contributed by atoms with Crippen LogP contribution in [0.1, 0.15) is 10.4 Å². The van der Waals surface area contributed by atoms with Crippen LogP contribution in [0.5, 0.6) is 5.75 Å². The van der Waals surface area contributed by atoms with Gasteiger partial charge in [0.2, 0.25) is 0 Å². The average Bonchev–Trinajstić information content (AvgIpc) is 2.34. The molecule has 0 radical (unpaired) electrons. The van der Waals surface area contributed by atoms with Gasteiger partial charge >= 0.3 is 0 Å². The summed E-state index contributed by atoms with van der Waals surface area (Å²) < 4.78 is 4.95. The van der Waals surface area contributed by atoms with Crippen molar-refractivity contribution < 1.29 is 14.5 Å². The number of nitro groups is 1. The Labute approximate surface area is 98.0 Å². The Balaban J connectivity index is 3.03. The van der Waals surface area contributed by atoms with Gasteiger partial charge in [0, 0.05) is 12.6 Å². The number of carbonyl (C=O) groups excluding carboxylic acids is 1. The van der Waals surface area contributed by atoms with E-state index in [-0.39, 0.29) is 22.9 Å². The largest absolute Gasteiger partial charge is 0.496 e. The van der Waals surface area contributed by atoms with Crippen LogP contribution >= 0.6 is 0 Å². The Morgan fingerprint density at radius 3 is 2.88 bits per heavy atom. The van der Waals surface area contributed by atoms with Gasteiger partial charge in [-0.3, -0.25) is 14.9 Å². The summed E-state index contributed by atoms with van der Waals surface area (Å²) >= 11 is 0. The van der Waals surface area contributed by atoms with E-state index in [4.69, 9.17) is 4.74 Å². The lowest BCUT2D eigenvalue weighted by Crippen LogP contribution is -2.23. The van der Waals surface area contributed by atoms with Crippen LogP contribution in [-0.2, 0) is 0 Å². The maximum Gasteiger partial charge on any atom is 0.273 e. The summed E-state index contributed by atoms with van der Waals surface area (Å²) in [4.78, 5) is 21.7. The summed E-state index contributed by atoms with van der Waals surface area (Å²) in [7, 11) is 1.35. The Hall–Kier alpha value is -2.37. The average molecular weight is 236 g/mol. The molecule has 17 heavy (non-hydrogen) atoms. The van der Waals surface area contributed by atoms with Crippen LogP contribution in [0.3, 0.4) is 0 Å². The molecule has 0 saturated heterocycles. The highest BCUT2D eigenvalue weighted by Gasteiger charge is 2.15. The summed E-state index contributed by atoms with van der Waals surface area (Å²) in [5.74, 6) is -0.197. The summed E-state index contributed by atoms with van der Waals surface area (Å²) in [6, 6.07) is 3.82. The highest BCUT2D eigenvalue weighted by atomic mass is 16.6. The van der Waals surface area contributed by atoms with E-state index in [0.29, 0.717) is 6.54 Å². The smallest absolute Gasteiger partial charge is 0.273 e. The lowest BCUT2D eigenvalue weighted by atomic mass is 10.1. The number of hydrogen-bond donors (Lipinski definition) is 1. The molecule has 1 aromatic carbocycles. The zero-order valence-electron chi connectivity index (χ0n) is 9.30. The number of carbonyl (C=O) groups is 1. The van der Waals surface area contributed by atoms with E-state index in [1.807, 2.05) is 0 Å². The summed E-state index contributed by atoms with van der Waals surface area (Å²) in [5, 5.41) is 13.1. The van der Waals surface area contributed by atoms with E-state index in [1.165, 1.54) is 31.4 Å². The third-order valence-corrected chi connectivity index (χ3v) is 2.05. The van der Waals surface area contributed by atoms with E-state index in [2.05, 4.69) is 11.9 Å². The third kappa shape index (κ3) is 3.04. The number of nitrogens with zero attached hydrogens (tertiary/aromatic N) is 1. The first-order valence-electron chi connectivity index (χ1n) is 4.81. The first-order chi connectivity index (χ1) is 8.10. The van der Waals surface area contributed by atoms with Gasteiger partial charge in [0.1, 0.15) is 5.75 Å². The van der Waals surface area contributed by atoms with Crippen molar-refractivity contribution in [1.29, 1.82) is 0 Å². The molecule has 0 heterocycles. The topological polar surface area (TPSA) is 81.5 Å². The molecule has 90 valence electrons. The summed E-state index contributed by atoms with van der Waals surface area (Å²) in [5.41, 5.74) is 0.127. The molecular weight excluding hydrogens is 224 g/mol. The predicted molar refractivity (Wildman–Crippen MR) is 62.2 cm³/mol. The molecule has 0 fully saturated rings. The Kier molecular flexibility index (Phi) is 4.21. The molecule has 0 atom stereocenters. The van der Waals surface area contributed by atoms with Crippen molar-refractivity contribution >= 4 is 11.6 Å². The van der Waals surface area contributed by atoms with E-state index in [9.17, 15) is 14.9 Å². The molecule has 0 saturated carbocycles. The number of benzene rings is 1. The van der Waals surface area contributed by atoms with Crippen molar-refractivity contribution in [3.63, 3.8) is 0 Å². The van der Waals surface area contributed by atoms with E-state index in [0.717, 1.165) is 0 Å². The minimum Gasteiger partial charge on any atom is -0.496 e. The molecule has 0 aliphatic carbocycles. The monoisotopic (exact) mass is 236 g/mol. The number of nitro benzene ring substituents is 1. The molecule has 1 amide bonds. The van der Waals surface area contributed by atoms with E-state index >= 15 is 0 Å². The van der Waals surface area contributed by atoms with Gasteiger partial charge in [-0.25, -0.2) is 0 Å². The fourth-order valence-corrected chi connectivity index (χ4v) is 1.24. The van der Waals surface area contributed by atoms with Gasteiger partial charge in [-0.05, 0) is 6.07 Å². The molecular formula is C11H12N2O4. The molecule has 6 nitrogen and oxygen atoms in total. The van der Waals surface area contributed by atoms with Crippen molar-refractivity contribution in [3.05, 3.63) is 46.5 Å². The third-order valence-electron chi connectivity index (χ3n) is 2.05. The molecule has 1 N–H and O–H groups in total. The second kappa shape index (κ2) is 5.64. The first kappa shape index (κ1) is 12.7. The van der Waals surface area contributed by atoms with Gasteiger partial charge in [-0.1, -0.05) is 6.08 Å². The second-order valence-electron chi connectivity index (χ2n) is 3.14. The van der Waals surface area contributed by atoms with Crippen LogP contribution in [-0.4, -0.2) is 24.5 Å². The quantitative estimate of drug-likeness (QED) is 0.477. The van der Waals surface area contributed by atoms with Crippen molar-refractivity contribution in [1.82, 2.24) is 5.32 Å². The normalized spacial score (nSPS) is 9.47. The second-order valence-corrected chi connectivity index (χ2v) is 3.14. The van der Waals surface area contributed by atoms with E-state index in [1.54, 1.807) is 0 Å². The minimum absolute atomic E-state index is 0.123. The van der Waals surface area contributed by atoms with Gasteiger partial charge in [0.15, 0.2) is 0 Å². The lowest BCUT2D eigenvalue weighted by Gasteiger charge is -2.07. The van der Waals surface area contributed by atoms with Crippen LogP contribution in [0, 0.1) is 10.1 Å². The summed E-state index contributed by atoms with van der Waals surface area (Å²) in [6.45, 7) is 3.79. The predicted octanol–water partition coefficient (Wildman–Crippen LogP) is 1.52. The number of non-ortho nitro benzene ring substituents is 1. The van der Waals surface area contributed by atoms with Gasteiger partial charge < -0.3 is 10.1 Å². The van der Waals surface area contributed by atoms with Crippen LogP contribution in [0.15, 0.2) is 30.9 Å². The van der Waals surface area contributed by atoms with Crippen LogP contribution in [0.4, 0.5) is 5.69 Å². The lowest BCUT2D eigenvalue weighted by molar-refractivity contribution is -0.384. The molecule has 1 rings (SSSR count). The molecule has 0 aliphatic rings. The Morgan fingerprint density at radius 2 is 2.35 bits per heavy atom. The van der Waals surface area contributed by atoms with E-state index < -0.39 is 4.92 Å². The molecule has 0 unspecified atom stereocenters. The Bertz CT molecular complexity index is 457. The number of ether oxygens (including phenoxy) is 1.